The fraction of sp³-hybridized carbons (Fsp3) is 0.133. The molecule has 2 rings (SSSR count). The molecular weight excluding hydrogens is 278 g/mol. The predicted molar refractivity (Wildman–Crippen MR) is 78.6 cm³/mol. The van der Waals surface area contributed by atoms with Gasteiger partial charge in [0.25, 0.3) is 0 Å². The van der Waals surface area contributed by atoms with Crippen LogP contribution in [0.4, 0.5) is 5.69 Å². The molecule has 0 radical (unpaired) electrons. The third-order valence-electron chi connectivity index (χ3n) is 2.95. The molecule has 0 saturated heterocycles. The zero-order valence-corrected chi connectivity index (χ0v) is 11.6. The molecule has 1 atom stereocenters. The normalized spacial score (nSPS) is 11.9. The lowest BCUT2D eigenvalue weighted by Gasteiger charge is -2.16. The average molecular weight is 292 g/mol. The van der Waals surface area contributed by atoms with Crippen LogP contribution in [0, 0.1) is 0 Å². The molecule has 0 bridgehead atoms. The Bertz CT molecular complexity index is 643. The number of phenolic OH excluding ortho intramolecular Hbond substituents is 1. The fourth-order valence-corrected chi connectivity index (χ4v) is 2.10. The molecule has 0 aliphatic rings. The average Bonchev–Trinajstić information content (AvgIpc) is 2.40. The lowest BCUT2D eigenvalue weighted by molar-refractivity contribution is 0.0697. The van der Waals surface area contributed by atoms with Crippen molar-refractivity contribution >= 4 is 23.3 Å². The number of rotatable bonds is 4. The van der Waals surface area contributed by atoms with Crippen molar-refractivity contribution in [2.24, 2.45) is 0 Å². The fourth-order valence-electron chi connectivity index (χ4n) is 1.91. The van der Waals surface area contributed by atoms with Gasteiger partial charge in [-0.25, -0.2) is 4.79 Å². The number of benzene rings is 2. The van der Waals surface area contributed by atoms with Crippen LogP contribution in [0.5, 0.6) is 5.75 Å². The lowest BCUT2D eigenvalue weighted by Crippen LogP contribution is -2.07. The van der Waals surface area contributed by atoms with Gasteiger partial charge in [-0.05, 0) is 42.8 Å². The van der Waals surface area contributed by atoms with E-state index >= 15 is 0 Å². The first-order chi connectivity index (χ1) is 9.47. The van der Waals surface area contributed by atoms with Crippen LogP contribution in [-0.2, 0) is 0 Å². The van der Waals surface area contributed by atoms with Crippen LogP contribution in [0.2, 0.25) is 5.02 Å². The summed E-state index contributed by atoms with van der Waals surface area (Å²) in [5.74, 6) is -0.873. The first-order valence-corrected chi connectivity index (χ1v) is 6.43. The van der Waals surface area contributed by atoms with Gasteiger partial charge in [-0.2, -0.15) is 0 Å². The van der Waals surface area contributed by atoms with Crippen LogP contribution in [0.1, 0.15) is 28.9 Å². The Morgan fingerprint density at radius 3 is 2.65 bits per heavy atom. The van der Waals surface area contributed by atoms with Gasteiger partial charge < -0.3 is 15.5 Å². The molecule has 0 aliphatic carbocycles. The summed E-state index contributed by atoms with van der Waals surface area (Å²) < 4.78 is 0. The van der Waals surface area contributed by atoms with E-state index in [4.69, 9.17) is 16.7 Å². The summed E-state index contributed by atoms with van der Waals surface area (Å²) in [6.07, 6.45) is 0. The van der Waals surface area contributed by atoms with Crippen LogP contribution in [0.15, 0.2) is 42.5 Å². The minimum Gasteiger partial charge on any atom is -0.508 e. The van der Waals surface area contributed by atoms with E-state index in [0.29, 0.717) is 5.69 Å². The maximum Gasteiger partial charge on any atom is 0.337 e. The van der Waals surface area contributed by atoms with Gasteiger partial charge in [0.1, 0.15) is 5.75 Å². The van der Waals surface area contributed by atoms with E-state index in [2.05, 4.69) is 5.32 Å². The molecule has 20 heavy (non-hydrogen) atoms. The highest BCUT2D eigenvalue weighted by molar-refractivity contribution is 6.33. The van der Waals surface area contributed by atoms with Crippen LogP contribution in [-0.4, -0.2) is 16.2 Å². The molecule has 3 N–H and O–H groups in total. The van der Waals surface area contributed by atoms with E-state index in [9.17, 15) is 9.90 Å². The molecule has 0 fully saturated rings. The minimum absolute atomic E-state index is 0.0553. The maximum atomic E-state index is 11.0. The van der Waals surface area contributed by atoms with Crippen molar-refractivity contribution in [1.82, 2.24) is 0 Å². The molecule has 0 amide bonds. The zero-order valence-electron chi connectivity index (χ0n) is 10.8. The number of aromatic carboxylic acids is 1. The number of hydrogen-bond acceptors (Lipinski definition) is 3. The molecule has 0 aromatic heterocycles. The van der Waals surface area contributed by atoms with Gasteiger partial charge in [-0.15, -0.1) is 0 Å². The molecule has 2 aromatic rings. The van der Waals surface area contributed by atoms with Crippen LogP contribution in [0.3, 0.4) is 0 Å². The molecule has 0 aliphatic heterocycles. The Morgan fingerprint density at radius 2 is 2.00 bits per heavy atom. The summed E-state index contributed by atoms with van der Waals surface area (Å²) in [4.78, 5) is 11.0. The van der Waals surface area contributed by atoms with E-state index in [1.807, 2.05) is 13.0 Å². The Morgan fingerprint density at radius 1 is 1.25 bits per heavy atom. The largest absolute Gasteiger partial charge is 0.508 e. The maximum absolute atomic E-state index is 11.0. The van der Waals surface area contributed by atoms with Gasteiger partial charge in [-0.1, -0.05) is 23.7 Å². The second-order valence-corrected chi connectivity index (χ2v) is 4.87. The molecule has 1 unspecified atom stereocenters. The van der Waals surface area contributed by atoms with Gasteiger partial charge >= 0.3 is 5.97 Å². The number of phenols is 1. The predicted octanol–water partition coefficient (Wildman–Crippen LogP) is 3.92. The smallest absolute Gasteiger partial charge is 0.337 e. The number of carboxylic acid groups (broad SMARTS) is 1. The van der Waals surface area contributed by atoms with Crippen molar-refractivity contribution in [3.8, 4) is 5.75 Å². The van der Waals surface area contributed by atoms with E-state index < -0.39 is 5.97 Å². The van der Waals surface area contributed by atoms with Crippen molar-refractivity contribution in [3.63, 3.8) is 0 Å². The van der Waals surface area contributed by atoms with Gasteiger partial charge in [0.2, 0.25) is 0 Å². The number of hydrogen-bond donors (Lipinski definition) is 3. The van der Waals surface area contributed by atoms with Crippen molar-refractivity contribution in [1.29, 1.82) is 0 Å². The van der Waals surface area contributed by atoms with Crippen LogP contribution in [0.25, 0.3) is 0 Å². The lowest BCUT2D eigenvalue weighted by atomic mass is 10.1. The first-order valence-electron chi connectivity index (χ1n) is 6.05. The van der Waals surface area contributed by atoms with Crippen LogP contribution < -0.4 is 5.32 Å². The Kier molecular flexibility index (Phi) is 4.15. The highest BCUT2D eigenvalue weighted by Gasteiger charge is 2.11. The number of halogens is 1. The Hall–Kier alpha value is -2.20. The quantitative estimate of drug-likeness (QED) is 0.798. The van der Waals surface area contributed by atoms with E-state index in [1.165, 1.54) is 6.07 Å². The topological polar surface area (TPSA) is 69.6 Å². The van der Waals surface area contributed by atoms with Crippen molar-refractivity contribution < 1.29 is 15.0 Å². The highest BCUT2D eigenvalue weighted by atomic mass is 35.5. The number of nitrogens with one attached hydrogen (secondary N) is 1. The molecule has 104 valence electrons. The summed E-state index contributed by atoms with van der Waals surface area (Å²) in [6.45, 7) is 1.92. The summed E-state index contributed by atoms with van der Waals surface area (Å²) in [5.41, 5.74) is 1.61. The van der Waals surface area contributed by atoms with Crippen molar-refractivity contribution in [3.05, 3.63) is 58.6 Å². The molecular formula is C15H14ClNO3. The summed E-state index contributed by atoms with van der Waals surface area (Å²) in [7, 11) is 0. The van der Waals surface area contributed by atoms with Crippen LogP contribution >= 0.6 is 11.6 Å². The SMILES string of the molecule is CC(Nc1ccc(Cl)c(C(=O)O)c1)c1cccc(O)c1. The highest BCUT2D eigenvalue weighted by Crippen LogP contribution is 2.25. The molecule has 0 saturated carbocycles. The zero-order chi connectivity index (χ0) is 14.7. The monoisotopic (exact) mass is 291 g/mol. The molecule has 2 aromatic carbocycles. The third kappa shape index (κ3) is 3.22. The third-order valence-corrected chi connectivity index (χ3v) is 3.28. The number of aromatic hydroxyl groups is 1. The van der Waals surface area contributed by atoms with Crippen molar-refractivity contribution in [2.75, 3.05) is 5.32 Å². The molecule has 4 nitrogen and oxygen atoms in total. The second kappa shape index (κ2) is 5.84. The standard InChI is InChI=1S/C15H14ClNO3/c1-9(10-3-2-4-12(18)7-10)17-11-5-6-14(16)13(8-11)15(19)20/h2-9,17-18H,1H3,(H,19,20). The molecule has 0 spiro atoms. The van der Waals surface area contributed by atoms with Crippen molar-refractivity contribution in [2.45, 2.75) is 13.0 Å². The van der Waals surface area contributed by atoms with E-state index in [0.717, 1.165) is 5.56 Å². The minimum atomic E-state index is -1.07. The summed E-state index contributed by atoms with van der Waals surface area (Å²) in [6, 6.07) is 11.6. The summed E-state index contributed by atoms with van der Waals surface area (Å²) >= 11 is 5.82. The van der Waals surface area contributed by atoms with Gasteiger partial charge in [0, 0.05) is 11.7 Å². The van der Waals surface area contributed by atoms with Gasteiger partial charge in [0.05, 0.1) is 10.6 Å². The Balaban J connectivity index is 2.22. The summed E-state index contributed by atoms with van der Waals surface area (Å²) in [5, 5.41) is 21.9. The number of carbonyl (C=O) groups is 1. The number of carboxylic acids is 1. The van der Waals surface area contributed by atoms with E-state index in [1.54, 1.807) is 30.3 Å². The number of anilines is 1. The van der Waals surface area contributed by atoms with Gasteiger partial charge in [-0.3, -0.25) is 0 Å². The van der Waals surface area contributed by atoms with E-state index in [-0.39, 0.29) is 22.4 Å². The molecule has 5 heteroatoms. The Labute approximate surface area is 121 Å². The van der Waals surface area contributed by atoms with Gasteiger partial charge in [0.15, 0.2) is 0 Å². The second-order valence-electron chi connectivity index (χ2n) is 4.46. The first kappa shape index (κ1) is 14.2. The molecule has 0 heterocycles.